The van der Waals surface area contributed by atoms with Crippen LogP contribution in [0.25, 0.3) is 11.1 Å². The summed E-state index contributed by atoms with van der Waals surface area (Å²) >= 11 is 0. The SMILES string of the molecule is CC1(C(=O)O)COCC1NC(=O)CC(NC(=O)OCC1c2ccccc2-c2ccccc21)C(F)F. The summed E-state index contributed by atoms with van der Waals surface area (Å²) in [7, 11) is 0. The van der Waals surface area contributed by atoms with Crippen molar-refractivity contribution in [2.24, 2.45) is 5.41 Å². The van der Waals surface area contributed by atoms with Crippen LogP contribution < -0.4 is 10.6 Å². The van der Waals surface area contributed by atoms with Crippen LogP contribution in [-0.2, 0) is 19.1 Å². The van der Waals surface area contributed by atoms with Crippen LogP contribution in [0.3, 0.4) is 0 Å². The summed E-state index contributed by atoms with van der Waals surface area (Å²) in [5.41, 5.74) is 2.65. The number of amides is 2. The van der Waals surface area contributed by atoms with Gasteiger partial charge in [0.2, 0.25) is 5.91 Å². The maximum absolute atomic E-state index is 13.6. The van der Waals surface area contributed by atoms with Crippen molar-refractivity contribution in [2.45, 2.75) is 37.8 Å². The van der Waals surface area contributed by atoms with Crippen molar-refractivity contribution in [3.63, 3.8) is 0 Å². The minimum Gasteiger partial charge on any atom is -0.481 e. The number of aliphatic carboxylic acids is 1. The lowest BCUT2D eigenvalue weighted by Crippen LogP contribution is -2.51. The lowest BCUT2D eigenvalue weighted by Gasteiger charge is -2.26. The highest BCUT2D eigenvalue weighted by Gasteiger charge is 2.47. The number of alkyl halides is 2. The number of fused-ring (bicyclic) bond motifs is 3. The summed E-state index contributed by atoms with van der Waals surface area (Å²) in [6.07, 6.45) is -4.84. The Labute approximate surface area is 200 Å². The molecular weight excluding hydrogens is 462 g/mol. The van der Waals surface area contributed by atoms with Crippen LogP contribution >= 0.6 is 0 Å². The van der Waals surface area contributed by atoms with Gasteiger partial charge in [-0.2, -0.15) is 0 Å². The van der Waals surface area contributed by atoms with Gasteiger partial charge in [-0.15, -0.1) is 0 Å². The second kappa shape index (κ2) is 9.99. The van der Waals surface area contributed by atoms with Gasteiger partial charge in [0.1, 0.15) is 18.1 Å². The smallest absolute Gasteiger partial charge is 0.407 e. The molecule has 0 bridgehead atoms. The Balaban J connectivity index is 1.35. The van der Waals surface area contributed by atoms with E-state index in [0.717, 1.165) is 22.3 Å². The number of alkyl carbamates (subject to hydrolysis) is 1. The lowest BCUT2D eigenvalue weighted by atomic mass is 9.85. The van der Waals surface area contributed by atoms with Gasteiger partial charge in [-0.25, -0.2) is 13.6 Å². The van der Waals surface area contributed by atoms with E-state index in [2.05, 4.69) is 10.6 Å². The van der Waals surface area contributed by atoms with Gasteiger partial charge < -0.3 is 25.2 Å². The van der Waals surface area contributed by atoms with E-state index < -0.39 is 48.3 Å². The number of carboxylic acid groups (broad SMARTS) is 1. The standard InChI is InChI=1S/C25H26F2N2O6/c1-25(23(31)32)13-34-12-20(25)29-21(30)10-19(22(26)27)28-24(33)35-11-18-16-8-4-2-6-14(16)15-7-3-5-9-17(15)18/h2-9,18-20,22H,10-13H2,1H3,(H,28,33)(H,29,30)(H,31,32). The third-order valence-electron chi connectivity index (χ3n) is 6.64. The molecule has 3 unspecified atom stereocenters. The molecule has 1 aliphatic carbocycles. The molecule has 2 amide bonds. The first kappa shape index (κ1) is 24.6. The molecule has 2 aromatic rings. The van der Waals surface area contributed by atoms with Crippen LogP contribution in [-0.4, -0.2) is 61.4 Å². The fraction of sp³-hybridized carbons (Fsp3) is 0.400. The maximum atomic E-state index is 13.6. The van der Waals surface area contributed by atoms with Gasteiger partial charge in [-0.05, 0) is 29.2 Å². The molecule has 1 aliphatic heterocycles. The van der Waals surface area contributed by atoms with E-state index in [0.29, 0.717) is 0 Å². The zero-order valence-corrected chi connectivity index (χ0v) is 19.0. The van der Waals surface area contributed by atoms with Gasteiger partial charge in [-0.3, -0.25) is 9.59 Å². The van der Waals surface area contributed by atoms with E-state index in [4.69, 9.17) is 9.47 Å². The van der Waals surface area contributed by atoms with Crippen molar-refractivity contribution >= 4 is 18.0 Å². The first-order chi connectivity index (χ1) is 16.7. The molecule has 0 aromatic heterocycles. The second-order valence-corrected chi connectivity index (χ2v) is 8.97. The van der Waals surface area contributed by atoms with Crippen LogP contribution in [0.5, 0.6) is 0 Å². The van der Waals surface area contributed by atoms with Gasteiger partial charge in [0.25, 0.3) is 6.43 Å². The Bertz CT molecular complexity index is 1080. The molecule has 1 fully saturated rings. The van der Waals surface area contributed by atoms with E-state index in [1.54, 1.807) is 0 Å². The summed E-state index contributed by atoms with van der Waals surface area (Å²) in [5, 5.41) is 13.9. The van der Waals surface area contributed by atoms with Gasteiger partial charge in [-0.1, -0.05) is 48.5 Å². The predicted octanol–water partition coefficient (Wildman–Crippen LogP) is 3.15. The largest absolute Gasteiger partial charge is 0.481 e. The summed E-state index contributed by atoms with van der Waals surface area (Å²) in [6.45, 7) is 1.20. The van der Waals surface area contributed by atoms with Crippen LogP contribution in [0.1, 0.15) is 30.4 Å². The molecule has 10 heteroatoms. The van der Waals surface area contributed by atoms with Crippen LogP contribution in [0.15, 0.2) is 48.5 Å². The molecule has 1 heterocycles. The van der Waals surface area contributed by atoms with Crippen molar-refractivity contribution in [3.8, 4) is 11.1 Å². The highest BCUT2D eigenvalue weighted by atomic mass is 19.3. The fourth-order valence-corrected chi connectivity index (χ4v) is 4.53. The number of nitrogens with one attached hydrogen (secondary N) is 2. The summed E-state index contributed by atoms with van der Waals surface area (Å²) in [4.78, 5) is 36.2. The zero-order valence-electron chi connectivity index (χ0n) is 19.0. The molecule has 3 N–H and O–H groups in total. The normalized spacial score (nSPS) is 21.8. The number of rotatable bonds is 8. The minimum absolute atomic E-state index is 0.0479. The highest BCUT2D eigenvalue weighted by Crippen LogP contribution is 2.44. The molecule has 2 aliphatic rings. The lowest BCUT2D eigenvalue weighted by molar-refractivity contribution is -0.149. The number of carbonyl (C=O) groups is 3. The number of hydrogen-bond acceptors (Lipinski definition) is 5. The Morgan fingerprint density at radius 3 is 2.29 bits per heavy atom. The van der Waals surface area contributed by atoms with Crippen molar-refractivity contribution in [3.05, 3.63) is 59.7 Å². The average molecular weight is 488 g/mol. The second-order valence-electron chi connectivity index (χ2n) is 8.97. The zero-order chi connectivity index (χ0) is 25.2. The molecule has 4 rings (SSSR count). The fourth-order valence-electron chi connectivity index (χ4n) is 4.53. The van der Waals surface area contributed by atoms with Crippen molar-refractivity contribution in [1.29, 1.82) is 0 Å². The minimum atomic E-state index is -3.04. The van der Waals surface area contributed by atoms with Gasteiger partial charge in [0, 0.05) is 5.92 Å². The molecular formula is C25H26F2N2O6. The van der Waals surface area contributed by atoms with E-state index in [1.165, 1.54) is 6.92 Å². The Morgan fingerprint density at radius 2 is 1.71 bits per heavy atom. The third-order valence-corrected chi connectivity index (χ3v) is 6.64. The molecule has 35 heavy (non-hydrogen) atoms. The molecule has 8 nitrogen and oxygen atoms in total. The Morgan fingerprint density at radius 1 is 1.11 bits per heavy atom. The van der Waals surface area contributed by atoms with E-state index >= 15 is 0 Å². The summed E-state index contributed by atoms with van der Waals surface area (Å²) < 4.78 is 37.6. The summed E-state index contributed by atoms with van der Waals surface area (Å²) in [5.74, 6) is -2.22. The molecule has 0 saturated carbocycles. The predicted molar refractivity (Wildman–Crippen MR) is 121 cm³/mol. The monoisotopic (exact) mass is 488 g/mol. The quantitative estimate of drug-likeness (QED) is 0.526. The third kappa shape index (κ3) is 4.97. The molecule has 2 aromatic carbocycles. The topological polar surface area (TPSA) is 114 Å². The van der Waals surface area contributed by atoms with Crippen LogP contribution in [0, 0.1) is 5.41 Å². The summed E-state index contributed by atoms with van der Waals surface area (Å²) in [6, 6.07) is 12.7. The number of halogens is 2. The molecule has 0 spiro atoms. The maximum Gasteiger partial charge on any atom is 0.407 e. The number of carbonyl (C=O) groups excluding carboxylic acids is 2. The molecule has 186 valence electrons. The number of hydrogen-bond donors (Lipinski definition) is 3. The Hall–Kier alpha value is -3.53. The number of ether oxygens (including phenoxy) is 2. The molecule has 0 radical (unpaired) electrons. The van der Waals surface area contributed by atoms with E-state index in [-0.39, 0.29) is 25.7 Å². The van der Waals surface area contributed by atoms with Crippen LogP contribution in [0.4, 0.5) is 13.6 Å². The Kier molecular flexibility index (Phi) is 7.02. The van der Waals surface area contributed by atoms with Gasteiger partial charge in [0.15, 0.2) is 0 Å². The highest BCUT2D eigenvalue weighted by molar-refractivity contribution is 5.81. The van der Waals surface area contributed by atoms with Crippen molar-refractivity contribution < 1.29 is 37.7 Å². The van der Waals surface area contributed by atoms with Crippen molar-refractivity contribution in [2.75, 3.05) is 19.8 Å². The molecule has 1 saturated heterocycles. The first-order valence-corrected chi connectivity index (χ1v) is 11.2. The van der Waals surface area contributed by atoms with E-state index in [9.17, 15) is 28.3 Å². The number of carboxylic acids is 1. The van der Waals surface area contributed by atoms with Crippen LogP contribution in [0.2, 0.25) is 0 Å². The number of benzene rings is 2. The van der Waals surface area contributed by atoms with Gasteiger partial charge >= 0.3 is 12.1 Å². The average Bonchev–Trinajstić information content (AvgIpc) is 3.36. The van der Waals surface area contributed by atoms with E-state index in [1.807, 2.05) is 48.5 Å². The van der Waals surface area contributed by atoms with Gasteiger partial charge in [0.05, 0.1) is 25.7 Å². The van der Waals surface area contributed by atoms with Crippen molar-refractivity contribution in [1.82, 2.24) is 10.6 Å². The molecule has 3 atom stereocenters. The first-order valence-electron chi connectivity index (χ1n) is 11.2.